The summed E-state index contributed by atoms with van der Waals surface area (Å²) in [6.45, 7) is 17.9. The molecule has 0 aliphatic rings. The molecule has 1 aromatic rings. The van der Waals surface area contributed by atoms with Crippen molar-refractivity contribution in [3.63, 3.8) is 0 Å². The van der Waals surface area contributed by atoms with E-state index in [0.29, 0.717) is 12.3 Å². The number of amides is 1. The van der Waals surface area contributed by atoms with E-state index in [-0.39, 0.29) is 0 Å². The molecule has 152 valence electrons. The van der Waals surface area contributed by atoms with Gasteiger partial charge in [-0.1, -0.05) is 75.0 Å². The second-order valence-electron chi connectivity index (χ2n) is 8.97. The third-order valence-electron chi connectivity index (χ3n) is 5.37. The summed E-state index contributed by atoms with van der Waals surface area (Å²) in [6, 6.07) is 9.57. The first-order valence-electron chi connectivity index (χ1n) is 9.78. The molecule has 0 radical (unpaired) electrons. The molecule has 0 saturated carbocycles. The first-order valence-corrected chi connectivity index (χ1v) is 12.8. The summed E-state index contributed by atoms with van der Waals surface area (Å²) in [4.78, 5) is 12.5. The number of ether oxygens (including phenoxy) is 1. The van der Waals surface area contributed by atoms with Gasteiger partial charge in [0.25, 0.3) is 0 Å². The summed E-state index contributed by atoms with van der Waals surface area (Å²) < 4.78 is 5.46. The van der Waals surface area contributed by atoms with E-state index in [9.17, 15) is 9.90 Å². The molecule has 0 aromatic heterocycles. The minimum absolute atomic E-state index is 0.344. The number of carbonyl (C=O) groups excluding carboxylic acids is 1. The summed E-state index contributed by atoms with van der Waals surface area (Å²) in [7, 11) is -2.43. The highest BCUT2D eigenvalue weighted by Crippen LogP contribution is 2.30. The van der Waals surface area contributed by atoms with Crippen molar-refractivity contribution in [3.05, 3.63) is 43.0 Å². The molecular weight excluding hydrogens is 354 g/mol. The molecule has 0 bridgehead atoms. The Morgan fingerprint density at radius 3 is 2.30 bits per heavy atom. The van der Waals surface area contributed by atoms with Crippen molar-refractivity contribution >= 4 is 19.4 Å². The number of benzene rings is 1. The number of alkyl carbamates (subject to hydrolysis) is 1. The minimum Gasteiger partial charge on any atom is -0.444 e. The van der Waals surface area contributed by atoms with Crippen molar-refractivity contribution in [2.75, 3.05) is 0 Å². The molecule has 1 amide bonds. The molecule has 0 spiro atoms. The van der Waals surface area contributed by atoms with Crippen LogP contribution in [-0.2, 0) is 4.74 Å². The molecule has 27 heavy (non-hydrogen) atoms. The Morgan fingerprint density at radius 1 is 1.30 bits per heavy atom. The molecule has 0 heterocycles. The number of hydrogen-bond donors (Lipinski definition) is 2. The van der Waals surface area contributed by atoms with Crippen LogP contribution in [0.2, 0.25) is 13.1 Å². The summed E-state index contributed by atoms with van der Waals surface area (Å²) in [6.07, 6.45) is 2.74. The van der Waals surface area contributed by atoms with E-state index in [1.54, 1.807) is 6.08 Å². The van der Waals surface area contributed by atoms with Crippen LogP contribution in [0.3, 0.4) is 0 Å². The number of rotatable bonds is 8. The molecule has 3 atom stereocenters. The van der Waals surface area contributed by atoms with Crippen molar-refractivity contribution in [2.45, 2.75) is 77.4 Å². The van der Waals surface area contributed by atoms with Gasteiger partial charge in [0.1, 0.15) is 13.7 Å². The fourth-order valence-corrected chi connectivity index (χ4v) is 6.35. The SMILES string of the molecule is C=CC(O)([C@H](C[C@@H](C)CC)NC(=O)OC(C)(C)C)[Si](C)(C)c1ccccc1. The van der Waals surface area contributed by atoms with E-state index >= 15 is 0 Å². The number of carbonyl (C=O) groups is 1. The van der Waals surface area contributed by atoms with Crippen molar-refractivity contribution < 1.29 is 14.6 Å². The highest BCUT2D eigenvalue weighted by molar-refractivity contribution is 6.92. The minimum atomic E-state index is -2.43. The highest BCUT2D eigenvalue weighted by Gasteiger charge is 2.50. The van der Waals surface area contributed by atoms with Crippen LogP contribution in [0.25, 0.3) is 0 Å². The van der Waals surface area contributed by atoms with Crippen molar-refractivity contribution in [3.8, 4) is 0 Å². The molecule has 0 aliphatic heterocycles. The van der Waals surface area contributed by atoms with Crippen LogP contribution >= 0.6 is 0 Å². The molecule has 0 aliphatic carbocycles. The fourth-order valence-electron chi connectivity index (χ4n) is 3.29. The largest absolute Gasteiger partial charge is 0.444 e. The van der Waals surface area contributed by atoms with Crippen LogP contribution in [0.5, 0.6) is 0 Å². The Bertz CT molecular complexity index is 624. The summed E-state index contributed by atoms with van der Waals surface area (Å²) in [5, 5.41) is 14.7. The maximum Gasteiger partial charge on any atom is 0.407 e. The number of hydrogen-bond acceptors (Lipinski definition) is 3. The first-order chi connectivity index (χ1) is 12.4. The van der Waals surface area contributed by atoms with Gasteiger partial charge in [-0.05, 0) is 33.1 Å². The Kier molecular flexibility index (Phi) is 7.87. The van der Waals surface area contributed by atoms with E-state index < -0.39 is 31.0 Å². The number of nitrogens with one attached hydrogen (secondary N) is 1. The van der Waals surface area contributed by atoms with Crippen molar-refractivity contribution in [1.82, 2.24) is 5.32 Å². The maximum absolute atomic E-state index is 12.5. The second kappa shape index (κ2) is 9.07. The molecule has 0 fully saturated rings. The number of aliphatic hydroxyl groups is 1. The monoisotopic (exact) mass is 391 g/mol. The van der Waals surface area contributed by atoms with Gasteiger partial charge in [0.2, 0.25) is 0 Å². The predicted molar refractivity (Wildman–Crippen MR) is 116 cm³/mol. The molecule has 1 unspecified atom stereocenters. The van der Waals surface area contributed by atoms with Crippen molar-refractivity contribution in [2.24, 2.45) is 5.92 Å². The summed E-state index contributed by atoms with van der Waals surface area (Å²) in [5.74, 6) is 0.344. The predicted octanol–water partition coefficient (Wildman–Crippen LogP) is 4.39. The Balaban J connectivity index is 3.29. The fraction of sp³-hybridized carbons (Fsp3) is 0.591. The van der Waals surface area contributed by atoms with Crippen LogP contribution in [0, 0.1) is 5.92 Å². The van der Waals surface area contributed by atoms with Crippen LogP contribution in [0.1, 0.15) is 47.5 Å². The normalized spacial score (nSPS) is 16.7. The van der Waals surface area contributed by atoms with Gasteiger partial charge >= 0.3 is 6.09 Å². The highest BCUT2D eigenvalue weighted by atomic mass is 28.3. The molecule has 1 rings (SSSR count). The van der Waals surface area contributed by atoms with Gasteiger partial charge in [-0.25, -0.2) is 4.79 Å². The third kappa shape index (κ3) is 5.94. The second-order valence-corrected chi connectivity index (χ2v) is 13.6. The van der Waals surface area contributed by atoms with E-state index in [1.165, 1.54) is 0 Å². The smallest absolute Gasteiger partial charge is 0.407 e. The quantitative estimate of drug-likeness (QED) is 0.510. The molecule has 2 N–H and O–H groups in total. The zero-order valence-electron chi connectivity index (χ0n) is 18.0. The molecule has 1 aromatic carbocycles. The lowest BCUT2D eigenvalue weighted by molar-refractivity contribution is 0.0386. The van der Waals surface area contributed by atoms with Crippen LogP contribution < -0.4 is 10.5 Å². The Morgan fingerprint density at radius 2 is 1.85 bits per heavy atom. The molecule has 5 heteroatoms. The lowest BCUT2D eigenvalue weighted by Gasteiger charge is -2.45. The van der Waals surface area contributed by atoms with Crippen LogP contribution in [0.15, 0.2) is 43.0 Å². The Hall–Kier alpha value is -1.59. The van der Waals surface area contributed by atoms with Crippen LogP contribution in [-0.4, -0.2) is 36.1 Å². The van der Waals surface area contributed by atoms with Gasteiger partial charge in [0.15, 0.2) is 0 Å². The van der Waals surface area contributed by atoms with E-state index in [2.05, 4.69) is 51.0 Å². The van der Waals surface area contributed by atoms with E-state index in [1.807, 2.05) is 39.0 Å². The van der Waals surface area contributed by atoms with Gasteiger partial charge in [-0.15, -0.1) is 6.58 Å². The average molecular weight is 392 g/mol. The van der Waals surface area contributed by atoms with E-state index in [0.717, 1.165) is 11.6 Å². The molecule has 4 nitrogen and oxygen atoms in total. The van der Waals surface area contributed by atoms with Gasteiger partial charge < -0.3 is 15.2 Å². The molecular formula is C22H37NO3Si. The first kappa shape index (κ1) is 23.4. The Labute approximate surface area is 166 Å². The maximum atomic E-state index is 12.5. The van der Waals surface area contributed by atoms with E-state index in [4.69, 9.17) is 4.74 Å². The lowest BCUT2D eigenvalue weighted by Crippen LogP contribution is -2.70. The van der Waals surface area contributed by atoms with Gasteiger partial charge in [0.05, 0.1) is 11.3 Å². The average Bonchev–Trinajstić information content (AvgIpc) is 2.59. The standard InChI is InChI=1S/C22H37NO3Si/c1-9-17(3)16-19(23-20(24)26-21(4,5)6)22(25,10-2)27(7,8)18-14-12-11-13-15-18/h10-15,17,19,25H,2,9,16H2,1,3-8H3,(H,23,24)/t17-,19-,22?/m0/s1. The third-order valence-corrected chi connectivity index (χ3v) is 9.70. The zero-order valence-corrected chi connectivity index (χ0v) is 19.0. The zero-order chi connectivity index (χ0) is 20.9. The summed E-state index contributed by atoms with van der Waals surface area (Å²) in [5.41, 5.74) is -0.594. The summed E-state index contributed by atoms with van der Waals surface area (Å²) >= 11 is 0. The van der Waals surface area contributed by atoms with Crippen LogP contribution in [0.4, 0.5) is 4.79 Å². The van der Waals surface area contributed by atoms with Gasteiger partial charge in [-0.2, -0.15) is 0 Å². The topological polar surface area (TPSA) is 58.6 Å². The van der Waals surface area contributed by atoms with Gasteiger partial charge in [0, 0.05) is 0 Å². The lowest BCUT2D eigenvalue weighted by atomic mass is 9.95. The van der Waals surface area contributed by atoms with Gasteiger partial charge in [-0.3, -0.25) is 0 Å². The molecule has 0 saturated heterocycles. The van der Waals surface area contributed by atoms with Crippen molar-refractivity contribution in [1.29, 1.82) is 0 Å².